The fourth-order valence-electron chi connectivity index (χ4n) is 3.06. The Hall–Kier alpha value is -1.10. The third-order valence-electron chi connectivity index (χ3n) is 4.40. The molecule has 3 nitrogen and oxygen atoms in total. The number of hydrogen-bond donors (Lipinski definition) is 1. The number of halogens is 1. The topological polar surface area (TPSA) is 32.3 Å². The van der Waals surface area contributed by atoms with Crippen LogP contribution in [0.4, 0.5) is 0 Å². The molecular formula is C17H23ClN2OS. The number of fused-ring (bicyclic) bond motifs is 1. The number of likely N-dealkylation sites (tertiary alicyclic amines) is 1. The van der Waals surface area contributed by atoms with Crippen LogP contribution in [-0.4, -0.2) is 37.5 Å². The molecule has 3 rings (SSSR count). The van der Waals surface area contributed by atoms with Gasteiger partial charge in [0.2, 0.25) is 0 Å². The van der Waals surface area contributed by atoms with Crippen LogP contribution in [0.5, 0.6) is 0 Å². The molecule has 1 fully saturated rings. The minimum atomic E-state index is 0. The molecule has 0 radical (unpaired) electrons. The van der Waals surface area contributed by atoms with Gasteiger partial charge in [0, 0.05) is 23.4 Å². The highest BCUT2D eigenvalue weighted by Crippen LogP contribution is 2.25. The van der Waals surface area contributed by atoms with Gasteiger partial charge in [-0.1, -0.05) is 0 Å². The van der Waals surface area contributed by atoms with E-state index in [1.54, 1.807) is 11.3 Å². The van der Waals surface area contributed by atoms with Crippen LogP contribution in [0.2, 0.25) is 0 Å². The van der Waals surface area contributed by atoms with E-state index in [1.165, 1.54) is 16.5 Å². The first-order chi connectivity index (χ1) is 10.3. The normalized spacial score (nSPS) is 15.8. The van der Waals surface area contributed by atoms with E-state index in [2.05, 4.69) is 22.8 Å². The molecule has 0 saturated carbocycles. The van der Waals surface area contributed by atoms with Gasteiger partial charge >= 0.3 is 0 Å². The van der Waals surface area contributed by atoms with Crippen molar-refractivity contribution in [1.29, 1.82) is 0 Å². The van der Waals surface area contributed by atoms with Gasteiger partial charge in [-0.15, -0.1) is 23.7 Å². The lowest BCUT2D eigenvalue weighted by molar-refractivity contribution is 0.0687. The summed E-state index contributed by atoms with van der Waals surface area (Å²) in [5, 5.41) is 6.46. The van der Waals surface area contributed by atoms with Gasteiger partial charge in [0.1, 0.15) is 0 Å². The highest BCUT2D eigenvalue weighted by Gasteiger charge is 2.23. The number of amides is 1. The van der Waals surface area contributed by atoms with E-state index >= 15 is 0 Å². The Morgan fingerprint density at radius 3 is 2.82 bits per heavy atom. The van der Waals surface area contributed by atoms with Crippen molar-refractivity contribution in [2.45, 2.75) is 19.3 Å². The molecule has 1 aromatic carbocycles. The summed E-state index contributed by atoms with van der Waals surface area (Å²) >= 11 is 1.72. The molecule has 5 heteroatoms. The number of nitrogens with zero attached hydrogens (tertiary/aromatic N) is 1. The third kappa shape index (κ3) is 3.80. The maximum absolute atomic E-state index is 12.6. The smallest absolute Gasteiger partial charge is 0.253 e. The summed E-state index contributed by atoms with van der Waals surface area (Å²) in [6.07, 6.45) is 3.49. The monoisotopic (exact) mass is 338 g/mol. The number of piperidine rings is 1. The Kier molecular flexibility index (Phi) is 6.24. The first-order valence-corrected chi connectivity index (χ1v) is 8.57. The van der Waals surface area contributed by atoms with Crippen molar-refractivity contribution in [1.82, 2.24) is 10.2 Å². The molecular weight excluding hydrogens is 316 g/mol. The zero-order valence-electron chi connectivity index (χ0n) is 12.9. The van der Waals surface area contributed by atoms with Gasteiger partial charge in [0.05, 0.1) is 0 Å². The molecule has 22 heavy (non-hydrogen) atoms. The van der Waals surface area contributed by atoms with Crippen LogP contribution < -0.4 is 5.32 Å². The van der Waals surface area contributed by atoms with Crippen LogP contribution >= 0.6 is 23.7 Å². The van der Waals surface area contributed by atoms with Crippen LogP contribution in [0, 0.1) is 5.92 Å². The lowest BCUT2D eigenvalue weighted by Crippen LogP contribution is -2.38. The number of thiophene rings is 1. The van der Waals surface area contributed by atoms with E-state index in [0.717, 1.165) is 44.0 Å². The van der Waals surface area contributed by atoms with Gasteiger partial charge < -0.3 is 10.2 Å². The van der Waals surface area contributed by atoms with E-state index < -0.39 is 0 Å². The summed E-state index contributed by atoms with van der Waals surface area (Å²) in [5.41, 5.74) is 0.828. The molecule has 120 valence electrons. The molecule has 1 N–H and O–H groups in total. The van der Waals surface area contributed by atoms with Gasteiger partial charge in [-0.2, -0.15) is 0 Å². The van der Waals surface area contributed by atoms with E-state index in [1.807, 2.05) is 24.1 Å². The fraction of sp³-hybridized carbons (Fsp3) is 0.471. The highest BCUT2D eigenvalue weighted by atomic mass is 35.5. The second kappa shape index (κ2) is 7.95. The van der Waals surface area contributed by atoms with Crippen molar-refractivity contribution in [3.8, 4) is 0 Å². The molecule has 0 unspecified atom stereocenters. The van der Waals surface area contributed by atoms with Gasteiger partial charge in [-0.25, -0.2) is 0 Å². The van der Waals surface area contributed by atoms with Crippen molar-refractivity contribution in [3.63, 3.8) is 0 Å². The van der Waals surface area contributed by atoms with E-state index in [-0.39, 0.29) is 18.3 Å². The minimum absolute atomic E-state index is 0. The van der Waals surface area contributed by atoms with E-state index in [9.17, 15) is 4.79 Å². The molecule has 2 aromatic rings. The first kappa shape index (κ1) is 17.3. The van der Waals surface area contributed by atoms with E-state index in [0.29, 0.717) is 0 Å². The van der Waals surface area contributed by atoms with Gasteiger partial charge in [-0.05, 0) is 73.8 Å². The Morgan fingerprint density at radius 2 is 2.09 bits per heavy atom. The molecule has 1 aromatic heterocycles. The molecule has 0 spiro atoms. The van der Waals surface area contributed by atoms with Crippen LogP contribution in [0.1, 0.15) is 29.6 Å². The zero-order chi connectivity index (χ0) is 14.7. The Morgan fingerprint density at radius 1 is 1.32 bits per heavy atom. The maximum atomic E-state index is 12.6. The molecule has 0 bridgehead atoms. The van der Waals surface area contributed by atoms with Crippen LogP contribution in [-0.2, 0) is 0 Å². The molecule has 2 heterocycles. The molecule has 1 aliphatic rings. The van der Waals surface area contributed by atoms with Crippen molar-refractivity contribution in [2.24, 2.45) is 5.92 Å². The lowest BCUT2D eigenvalue weighted by Gasteiger charge is -2.32. The predicted molar refractivity (Wildman–Crippen MR) is 96.2 cm³/mol. The molecule has 0 atom stereocenters. The number of nitrogens with one attached hydrogen (secondary N) is 1. The number of benzene rings is 1. The van der Waals surface area contributed by atoms with Crippen molar-refractivity contribution < 1.29 is 4.79 Å². The van der Waals surface area contributed by atoms with Gasteiger partial charge in [0.25, 0.3) is 5.91 Å². The van der Waals surface area contributed by atoms with Crippen LogP contribution in [0.15, 0.2) is 29.6 Å². The SMILES string of the molecule is CNCCC1CCN(C(=O)c2ccc3sccc3c2)CC1.Cl. The largest absolute Gasteiger partial charge is 0.339 e. The summed E-state index contributed by atoms with van der Waals surface area (Å²) in [5.74, 6) is 0.955. The zero-order valence-corrected chi connectivity index (χ0v) is 14.5. The van der Waals surface area contributed by atoms with Crippen molar-refractivity contribution >= 4 is 39.7 Å². The molecule has 1 aliphatic heterocycles. The average molecular weight is 339 g/mol. The number of rotatable bonds is 4. The summed E-state index contributed by atoms with van der Waals surface area (Å²) in [4.78, 5) is 14.6. The Bertz CT molecular complexity index is 620. The summed E-state index contributed by atoms with van der Waals surface area (Å²) in [6, 6.07) is 8.14. The minimum Gasteiger partial charge on any atom is -0.339 e. The fourth-order valence-corrected chi connectivity index (χ4v) is 3.83. The molecule has 0 aliphatic carbocycles. The van der Waals surface area contributed by atoms with Gasteiger partial charge in [0.15, 0.2) is 0 Å². The Balaban J connectivity index is 0.00000176. The maximum Gasteiger partial charge on any atom is 0.253 e. The van der Waals surface area contributed by atoms with Crippen molar-refractivity contribution in [2.75, 3.05) is 26.7 Å². The number of carbonyl (C=O) groups excluding carboxylic acids is 1. The second-order valence-electron chi connectivity index (χ2n) is 5.80. The average Bonchev–Trinajstić information content (AvgIpc) is 3.00. The van der Waals surface area contributed by atoms with Crippen LogP contribution in [0.3, 0.4) is 0 Å². The lowest BCUT2D eigenvalue weighted by atomic mass is 9.93. The quantitative estimate of drug-likeness (QED) is 0.920. The summed E-state index contributed by atoms with van der Waals surface area (Å²) in [6.45, 7) is 2.87. The summed E-state index contributed by atoms with van der Waals surface area (Å²) in [7, 11) is 2.00. The summed E-state index contributed by atoms with van der Waals surface area (Å²) < 4.78 is 1.25. The molecule has 1 saturated heterocycles. The van der Waals surface area contributed by atoms with Crippen LogP contribution in [0.25, 0.3) is 10.1 Å². The van der Waals surface area contributed by atoms with Crippen molar-refractivity contribution in [3.05, 3.63) is 35.2 Å². The predicted octanol–water partition coefficient (Wildman–Crippen LogP) is 3.78. The number of carbonyl (C=O) groups is 1. The molecule has 1 amide bonds. The van der Waals surface area contributed by atoms with Gasteiger partial charge in [-0.3, -0.25) is 4.79 Å². The van der Waals surface area contributed by atoms with E-state index in [4.69, 9.17) is 0 Å². The first-order valence-electron chi connectivity index (χ1n) is 7.69. The standard InChI is InChI=1S/C17H22N2OS.ClH/c1-18-8-4-13-5-9-19(10-6-13)17(20)15-2-3-16-14(12-15)7-11-21-16;/h2-3,7,11-13,18H,4-6,8-10H2,1H3;1H. The Labute approximate surface area is 142 Å². The number of hydrogen-bond acceptors (Lipinski definition) is 3. The third-order valence-corrected chi connectivity index (χ3v) is 5.30. The second-order valence-corrected chi connectivity index (χ2v) is 6.75. The highest BCUT2D eigenvalue weighted by molar-refractivity contribution is 7.17.